The summed E-state index contributed by atoms with van der Waals surface area (Å²) in [7, 11) is 1.56. The van der Waals surface area contributed by atoms with E-state index in [-0.39, 0.29) is 5.78 Å². The first kappa shape index (κ1) is 15.1. The summed E-state index contributed by atoms with van der Waals surface area (Å²) >= 11 is 0. The molecule has 0 radical (unpaired) electrons. The van der Waals surface area contributed by atoms with E-state index in [2.05, 4.69) is 6.07 Å². The molecule has 0 unspecified atom stereocenters. The van der Waals surface area contributed by atoms with Crippen LogP contribution in [0.5, 0.6) is 5.75 Å². The van der Waals surface area contributed by atoms with Crippen LogP contribution in [0.3, 0.4) is 0 Å². The van der Waals surface area contributed by atoms with Gasteiger partial charge in [0.05, 0.1) is 12.8 Å². The number of ether oxygens (including phenoxy) is 1. The van der Waals surface area contributed by atoms with Gasteiger partial charge in [0.15, 0.2) is 5.78 Å². The van der Waals surface area contributed by atoms with E-state index in [1.165, 1.54) is 0 Å². The van der Waals surface area contributed by atoms with Crippen molar-refractivity contribution >= 4 is 11.5 Å². The summed E-state index contributed by atoms with van der Waals surface area (Å²) in [6.07, 6.45) is 0. The number of methoxy groups -OCH3 is 1. The first-order chi connectivity index (χ1) is 9.86. The van der Waals surface area contributed by atoms with E-state index in [9.17, 15) is 4.79 Å². The van der Waals surface area contributed by atoms with Crippen LogP contribution in [0.15, 0.2) is 24.3 Å². The Hall–Kier alpha value is -2.29. The molecule has 0 aliphatic heterocycles. The Morgan fingerprint density at radius 2 is 1.57 bits per heavy atom. The highest BCUT2D eigenvalue weighted by molar-refractivity contribution is 6.11. The number of carbonyl (C=O) groups excluding carboxylic acids is 1. The second-order valence-corrected chi connectivity index (χ2v) is 5.42. The van der Waals surface area contributed by atoms with Gasteiger partial charge in [-0.25, -0.2) is 0 Å². The summed E-state index contributed by atoms with van der Waals surface area (Å²) in [5.41, 5.74) is 12.1. The smallest absolute Gasteiger partial charge is 0.193 e. The van der Waals surface area contributed by atoms with Crippen LogP contribution in [-0.2, 0) is 0 Å². The number of hydrogen-bond acceptors (Lipinski definition) is 3. The van der Waals surface area contributed by atoms with Crippen molar-refractivity contribution in [2.45, 2.75) is 27.7 Å². The molecule has 0 atom stereocenters. The first-order valence-electron chi connectivity index (χ1n) is 6.92. The first-order valence-corrected chi connectivity index (χ1v) is 6.92. The molecule has 0 saturated carbocycles. The Morgan fingerprint density at radius 3 is 2.05 bits per heavy atom. The van der Waals surface area contributed by atoms with Gasteiger partial charge < -0.3 is 10.5 Å². The molecule has 0 fully saturated rings. The van der Waals surface area contributed by atoms with Crippen LogP contribution in [0.25, 0.3) is 0 Å². The van der Waals surface area contributed by atoms with E-state index in [4.69, 9.17) is 10.5 Å². The maximum absolute atomic E-state index is 12.8. The molecule has 0 heterocycles. The van der Waals surface area contributed by atoms with Crippen molar-refractivity contribution in [3.63, 3.8) is 0 Å². The van der Waals surface area contributed by atoms with Crippen molar-refractivity contribution in [1.29, 1.82) is 0 Å². The van der Waals surface area contributed by atoms with Crippen LogP contribution in [0.4, 0.5) is 5.69 Å². The fourth-order valence-electron chi connectivity index (χ4n) is 2.58. The predicted octanol–water partition coefficient (Wildman–Crippen LogP) is 3.74. The summed E-state index contributed by atoms with van der Waals surface area (Å²) in [6.45, 7) is 8.03. The number of anilines is 1. The lowest BCUT2D eigenvalue weighted by Gasteiger charge is -2.15. The zero-order chi connectivity index (χ0) is 15.7. The molecule has 3 nitrogen and oxygen atoms in total. The SMILES string of the molecule is COc1ccc(C(=O)c2c(C)c(C)cc(C)c2C)cc1N. The number of nitrogens with two attached hydrogens (primary N) is 1. The summed E-state index contributed by atoms with van der Waals surface area (Å²) in [6, 6.07) is 7.28. The number of hydrogen-bond donors (Lipinski definition) is 1. The molecule has 2 N–H and O–H groups in total. The molecule has 2 aromatic carbocycles. The highest BCUT2D eigenvalue weighted by Crippen LogP contribution is 2.27. The molecule has 2 rings (SSSR count). The quantitative estimate of drug-likeness (QED) is 0.689. The monoisotopic (exact) mass is 283 g/mol. The molecule has 0 spiro atoms. The molecule has 0 bridgehead atoms. The van der Waals surface area contributed by atoms with Crippen LogP contribution < -0.4 is 10.5 Å². The van der Waals surface area contributed by atoms with Gasteiger partial charge >= 0.3 is 0 Å². The summed E-state index contributed by atoms with van der Waals surface area (Å²) < 4.78 is 5.13. The molecule has 110 valence electrons. The molecular weight excluding hydrogens is 262 g/mol. The van der Waals surface area contributed by atoms with Crippen molar-refractivity contribution in [3.05, 3.63) is 57.6 Å². The van der Waals surface area contributed by atoms with E-state index in [1.54, 1.807) is 25.3 Å². The van der Waals surface area contributed by atoms with Gasteiger partial charge in [-0.3, -0.25) is 4.79 Å². The number of aryl methyl sites for hydroxylation is 2. The Labute approximate surface area is 125 Å². The number of nitrogen functional groups attached to an aromatic ring is 1. The van der Waals surface area contributed by atoms with Gasteiger partial charge in [0.1, 0.15) is 5.75 Å². The zero-order valence-electron chi connectivity index (χ0n) is 13.2. The molecule has 21 heavy (non-hydrogen) atoms. The molecule has 3 heteroatoms. The van der Waals surface area contributed by atoms with Crippen LogP contribution in [0, 0.1) is 27.7 Å². The molecule has 0 amide bonds. The molecule has 0 saturated heterocycles. The van der Waals surface area contributed by atoms with Crippen molar-refractivity contribution in [2.24, 2.45) is 0 Å². The van der Waals surface area contributed by atoms with Crippen LogP contribution in [0.2, 0.25) is 0 Å². The lowest BCUT2D eigenvalue weighted by atomic mass is 9.89. The fraction of sp³-hybridized carbons (Fsp3) is 0.278. The Balaban J connectivity index is 2.58. The number of ketones is 1. The van der Waals surface area contributed by atoms with Gasteiger partial charge in [-0.15, -0.1) is 0 Å². The van der Waals surface area contributed by atoms with E-state index in [0.29, 0.717) is 17.0 Å². The van der Waals surface area contributed by atoms with Crippen LogP contribution >= 0.6 is 0 Å². The third-order valence-electron chi connectivity index (χ3n) is 4.08. The summed E-state index contributed by atoms with van der Waals surface area (Å²) in [4.78, 5) is 12.8. The van der Waals surface area contributed by atoms with Crippen molar-refractivity contribution in [3.8, 4) is 5.75 Å². The van der Waals surface area contributed by atoms with Crippen molar-refractivity contribution < 1.29 is 9.53 Å². The maximum atomic E-state index is 12.8. The minimum atomic E-state index is 0.00570. The average molecular weight is 283 g/mol. The number of rotatable bonds is 3. The normalized spacial score (nSPS) is 10.5. The third kappa shape index (κ3) is 2.64. The van der Waals surface area contributed by atoms with E-state index < -0.39 is 0 Å². The second kappa shape index (κ2) is 5.60. The van der Waals surface area contributed by atoms with Crippen molar-refractivity contribution in [2.75, 3.05) is 12.8 Å². The minimum absolute atomic E-state index is 0.00570. The Bertz CT molecular complexity index is 691. The number of carbonyl (C=O) groups is 1. The van der Waals surface area contributed by atoms with Gasteiger partial charge in [0.25, 0.3) is 0 Å². The van der Waals surface area contributed by atoms with Crippen LogP contribution in [-0.4, -0.2) is 12.9 Å². The van der Waals surface area contributed by atoms with Gasteiger partial charge in [-0.2, -0.15) is 0 Å². The number of benzene rings is 2. The molecule has 0 aliphatic carbocycles. The van der Waals surface area contributed by atoms with Gasteiger partial charge in [-0.1, -0.05) is 6.07 Å². The lowest BCUT2D eigenvalue weighted by molar-refractivity contribution is 0.103. The highest BCUT2D eigenvalue weighted by atomic mass is 16.5. The van der Waals surface area contributed by atoms with Crippen molar-refractivity contribution in [1.82, 2.24) is 0 Å². The van der Waals surface area contributed by atoms with E-state index in [1.807, 2.05) is 27.7 Å². The second-order valence-electron chi connectivity index (χ2n) is 5.42. The van der Waals surface area contributed by atoms with Gasteiger partial charge in [0, 0.05) is 11.1 Å². The van der Waals surface area contributed by atoms with E-state index in [0.717, 1.165) is 27.8 Å². The summed E-state index contributed by atoms with van der Waals surface area (Å²) in [5.74, 6) is 0.589. The van der Waals surface area contributed by atoms with Crippen LogP contribution in [0.1, 0.15) is 38.2 Å². The lowest BCUT2D eigenvalue weighted by Crippen LogP contribution is -2.09. The Kier molecular flexibility index (Phi) is 4.03. The maximum Gasteiger partial charge on any atom is 0.193 e. The fourth-order valence-corrected chi connectivity index (χ4v) is 2.58. The third-order valence-corrected chi connectivity index (χ3v) is 4.08. The molecular formula is C18H21NO2. The predicted molar refractivity (Wildman–Crippen MR) is 86.2 cm³/mol. The molecule has 2 aromatic rings. The summed E-state index contributed by atoms with van der Waals surface area (Å²) in [5, 5.41) is 0. The minimum Gasteiger partial charge on any atom is -0.495 e. The largest absolute Gasteiger partial charge is 0.495 e. The standard InChI is InChI=1S/C18H21NO2/c1-10-8-11(2)13(4)17(12(10)3)18(20)14-6-7-16(21-5)15(19)9-14/h6-9H,19H2,1-5H3. The van der Waals surface area contributed by atoms with Gasteiger partial charge in [-0.05, 0) is 68.1 Å². The molecule has 0 aromatic heterocycles. The average Bonchev–Trinajstić information content (AvgIpc) is 2.45. The van der Waals surface area contributed by atoms with Gasteiger partial charge in [0.2, 0.25) is 0 Å². The zero-order valence-corrected chi connectivity index (χ0v) is 13.2. The highest BCUT2D eigenvalue weighted by Gasteiger charge is 2.18. The topological polar surface area (TPSA) is 52.3 Å². The Morgan fingerprint density at radius 1 is 1.00 bits per heavy atom. The molecule has 0 aliphatic rings. The van der Waals surface area contributed by atoms with E-state index >= 15 is 0 Å².